The number of rotatable bonds is 4. The van der Waals surface area contributed by atoms with Crippen LogP contribution in [0.1, 0.15) is 25.7 Å². The van der Waals surface area contributed by atoms with Crippen LogP contribution in [0, 0.1) is 0 Å². The molecule has 1 saturated carbocycles. The number of aliphatic hydroxyl groups is 1. The molecule has 0 bridgehead atoms. The quantitative estimate of drug-likeness (QED) is 0.720. The Bertz CT molecular complexity index is 568. The molecule has 2 rings (SSSR count). The second kappa shape index (κ2) is 5.40. The lowest BCUT2D eigenvalue weighted by Crippen LogP contribution is -2.40. The minimum atomic E-state index is -3.68. The highest BCUT2D eigenvalue weighted by Crippen LogP contribution is 2.30. The average molecular weight is 349 g/mol. The Morgan fingerprint density at radius 1 is 1.37 bits per heavy atom. The number of nitrogens with one attached hydrogen (secondary N) is 1. The molecule has 1 aromatic carbocycles. The van der Waals surface area contributed by atoms with Gasteiger partial charge in [0.1, 0.15) is 0 Å². The highest BCUT2D eigenvalue weighted by molar-refractivity contribution is 9.10. The summed E-state index contributed by atoms with van der Waals surface area (Å²) in [5.41, 5.74) is 5.07. The molecule has 0 amide bonds. The van der Waals surface area contributed by atoms with Gasteiger partial charge in [-0.05, 0) is 47.0 Å². The maximum Gasteiger partial charge on any atom is 0.241 e. The molecule has 1 aliphatic carbocycles. The smallest absolute Gasteiger partial charge is 0.241 e. The summed E-state index contributed by atoms with van der Waals surface area (Å²) in [5, 5.41) is 10.2. The highest BCUT2D eigenvalue weighted by Gasteiger charge is 2.32. The van der Waals surface area contributed by atoms with Crippen LogP contribution in [-0.4, -0.2) is 25.7 Å². The van der Waals surface area contributed by atoms with Crippen LogP contribution >= 0.6 is 15.9 Å². The van der Waals surface area contributed by atoms with Gasteiger partial charge in [0.2, 0.25) is 10.0 Å². The third-order valence-electron chi connectivity index (χ3n) is 3.37. The molecule has 0 aromatic heterocycles. The monoisotopic (exact) mass is 348 g/mol. The molecule has 106 valence electrons. The predicted molar refractivity (Wildman–Crippen MR) is 77.2 cm³/mol. The van der Waals surface area contributed by atoms with E-state index >= 15 is 0 Å². The number of nitrogen functional groups attached to an aromatic ring is 1. The van der Waals surface area contributed by atoms with Crippen molar-refractivity contribution in [1.82, 2.24) is 4.72 Å². The summed E-state index contributed by atoms with van der Waals surface area (Å²) in [6.07, 6.45) is 3.13. The fourth-order valence-electron chi connectivity index (χ4n) is 2.24. The number of hydrogen-bond acceptors (Lipinski definition) is 4. The fourth-order valence-corrected chi connectivity index (χ4v) is 4.36. The molecular weight excluding hydrogens is 332 g/mol. The van der Waals surface area contributed by atoms with E-state index in [9.17, 15) is 13.5 Å². The van der Waals surface area contributed by atoms with Gasteiger partial charge in [0.25, 0.3) is 0 Å². The molecule has 0 spiro atoms. The van der Waals surface area contributed by atoms with Gasteiger partial charge >= 0.3 is 0 Å². The molecule has 0 atom stereocenters. The summed E-state index contributed by atoms with van der Waals surface area (Å²) in [7, 11) is -3.68. The number of nitrogens with two attached hydrogens (primary N) is 1. The third kappa shape index (κ3) is 3.47. The van der Waals surface area contributed by atoms with Crippen molar-refractivity contribution in [3.05, 3.63) is 22.7 Å². The van der Waals surface area contributed by atoms with Gasteiger partial charge < -0.3 is 10.8 Å². The van der Waals surface area contributed by atoms with Gasteiger partial charge in [-0.25, -0.2) is 13.1 Å². The minimum absolute atomic E-state index is 0.0383. The molecule has 1 aromatic rings. The normalized spacial score (nSPS) is 18.6. The van der Waals surface area contributed by atoms with Gasteiger partial charge in [-0.3, -0.25) is 0 Å². The van der Waals surface area contributed by atoms with E-state index in [4.69, 9.17) is 5.73 Å². The van der Waals surface area contributed by atoms with E-state index in [0.717, 1.165) is 12.8 Å². The number of hydrogen-bond donors (Lipinski definition) is 3. The van der Waals surface area contributed by atoms with Gasteiger partial charge in [0, 0.05) is 16.7 Å². The van der Waals surface area contributed by atoms with E-state index in [-0.39, 0.29) is 11.4 Å². The standard InChI is InChI=1S/C12H17BrN2O3S/c13-10-4-3-9(14)7-11(10)19(17,18)15-8-12(16)5-1-2-6-12/h3-4,7,15-16H,1-2,5-6,8,14H2. The van der Waals surface area contributed by atoms with Crippen LogP contribution in [0.5, 0.6) is 0 Å². The first kappa shape index (κ1) is 14.8. The van der Waals surface area contributed by atoms with Crippen molar-refractivity contribution >= 4 is 31.6 Å². The highest BCUT2D eigenvalue weighted by atomic mass is 79.9. The van der Waals surface area contributed by atoms with Crippen molar-refractivity contribution in [3.63, 3.8) is 0 Å². The Balaban J connectivity index is 2.16. The Morgan fingerprint density at radius 2 is 2.00 bits per heavy atom. The Morgan fingerprint density at radius 3 is 2.63 bits per heavy atom. The van der Waals surface area contributed by atoms with Crippen molar-refractivity contribution in [3.8, 4) is 0 Å². The van der Waals surface area contributed by atoms with Crippen molar-refractivity contribution in [2.45, 2.75) is 36.2 Å². The molecule has 0 unspecified atom stereocenters. The maximum absolute atomic E-state index is 12.2. The summed E-state index contributed by atoms with van der Waals surface area (Å²) in [4.78, 5) is 0.0918. The topological polar surface area (TPSA) is 92.4 Å². The molecule has 4 N–H and O–H groups in total. The predicted octanol–water partition coefficient (Wildman–Crippen LogP) is 1.61. The van der Waals surface area contributed by atoms with Crippen LogP contribution in [0.15, 0.2) is 27.6 Å². The molecule has 1 fully saturated rings. The molecule has 1 aliphatic rings. The van der Waals surface area contributed by atoms with Crippen LogP contribution in [0.4, 0.5) is 5.69 Å². The lowest BCUT2D eigenvalue weighted by Gasteiger charge is -2.22. The van der Waals surface area contributed by atoms with E-state index in [1.807, 2.05) is 0 Å². The van der Waals surface area contributed by atoms with Crippen LogP contribution < -0.4 is 10.5 Å². The first-order valence-corrected chi connectivity index (χ1v) is 8.37. The molecule has 5 nitrogen and oxygen atoms in total. The SMILES string of the molecule is Nc1ccc(Br)c(S(=O)(=O)NCC2(O)CCCC2)c1. The first-order chi connectivity index (χ1) is 8.82. The van der Waals surface area contributed by atoms with Crippen LogP contribution in [0.25, 0.3) is 0 Å². The Hall–Kier alpha value is -0.630. The number of sulfonamides is 1. The van der Waals surface area contributed by atoms with Crippen LogP contribution in [0.2, 0.25) is 0 Å². The number of anilines is 1. The second-order valence-corrected chi connectivity index (χ2v) is 7.54. The van der Waals surface area contributed by atoms with Crippen LogP contribution in [-0.2, 0) is 10.0 Å². The average Bonchev–Trinajstić information content (AvgIpc) is 2.78. The zero-order chi connectivity index (χ0) is 14.1. The zero-order valence-electron chi connectivity index (χ0n) is 10.4. The molecule has 0 aliphatic heterocycles. The van der Waals surface area contributed by atoms with E-state index in [2.05, 4.69) is 20.7 Å². The molecular formula is C12H17BrN2O3S. The number of benzene rings is 1. The van der Waals surface area contributed by atoms with E-state index in [0.29, 0.717) is 23.0 Å². The van der Waals surface area contributed by atoms with Crippen molar-refractivity contribution in [1.29, 1.82) is 0 Å². The summed E-state index contributed by atoms with van der Waals surface area (Å²) in [6, 6.07) is 4.60. The molecule has 19 heavy (non-hydrogen) atoms. The van der Waals surface area contributed by atoms with E-state index in [1.165, 1.54) is 6.07 Å². The molecule has 0 heterocycles. The van der Waals surface area contributed by atoms with Gasteiger partial charge in [-0.2, -0.15) is 0 Å². The van der Waals surface area contributed by atoms with Crippen molar-refractivity contribution in [2.24, 2.45) is 0 Å². The van der Waals surface area contributed by atoms with Crippen molar-refractivity contribution in [2.75, 3.05) is 12.3 Å². The van der Waals surface area contributed by atoms with Gasteiger partial charge in [0.15, 0.2) is 0 Å². The van der Waals surface area contributed by atoms with E-state index < -0.39 is 15.6 Å². The molecule has 0 saturated heterocycles. The van der Waals surface area contributed by atoms with Gasteiger partial charge in [-0.15, -0.1) is 0 Å². The van der Waals surface area contributed by atoms with E-state index in [1.54, 1.807) is 12.1 Å². The van der Waals surface area contributed by atoms with Gasteiger partial charge in [0.05, 0.1) is 10.5 Å². The lowest BCUT2D eigenvalue weighted by molar-refractivity contribution is 0.0532. The Kier molecular flexibility index (Phi) is 4.20. The molecule has 0 radical (unpaired) electrons. The van der Waals surface area contributed by atoms with Gasteiger partial charge in [-0.1, -0.05) is 12.8 Å². The maximum atomic E-state index is 12.2. The zero-order valence-corrected chi connectivity index (χ0v) is 12.8. The van der Waals surface area contributed by atoms with Crippen LogP contribution in [0.3, 0.4) is 0 Å². The second-order valence-electron chi connectivity index (χ2n) is 4.95. The summed E-state index contributed by atoms with van der Waals surface area (Å²) < 4.78 is 27.3. The summed E-state index contributed by atoms with van der Waals surface area (Å²) >= 11 is 3.20. The van der Waals surface area contributed by atoms with Crippen molar-refractivity contribution < 1.29 is 13.5 Å². The number of halogens is 1. The largest absolute Gasteiger partial charge is 0.399 e. The summed E-state index contributed by atoms with van der Waals surface area (Å²) in [5.74, 6) is 0. The molecule has 7 heteroatoms. The minimum Gasteiger partial charge on any atom is -0.399 e. The Labute approximate surface area is 121 Å². The lowest BCUT2D eigenvalue weighted by atomic mass is 10.0. The third-order valence-corrected chi connectivity index (χ3v) is 5.77. The fraction of sp³-hybridized carbons (Fsp3) is 0.500. The summed E-state index contributed by atoms with van der Waals surface area (Å²) in [6.45, 7) is 0.0383. The first-order valence-electron chi connectivity index (χ1n) is 6.10.